The van der Waals surface area contributed by atoms with Crippen molar-refractivity contribution in [3.8, 4) is 0 Å². The molecular weight excluding hydrogens is 242 g/mol. The van der Waals surface area contributed by atoms with Gasteiger partial charge in [0.05, 0.1) is 6.42 Å². The van der Waals surface area contributed by atoms with Crippen molar-refractivity contribution in [1.82, 2.24) is 10.2 Å². The van der Waals surface area contributed by atoms with Crippen LogP contribution in [-0.2, 0) is 16.0 Å². The lowest BCUT2D eigenvalue weighted by Crippen LogP contribution is -2.21. The second kappa shape index (κ2) is 6.29. The van der Waals surface area contributed by atoms with Gasteiger partial charge in [-0.2, -0.15) is 0 Å². The van der Waals surface area contributed by atoms with E-state index in [1.54, 1.807) is 0 Å². The van der Waals surface area contributed by atoms with Crippen LogP contribution in [0.1, 0.15) is 31.7 Å². The molecule has 0 aliphatic heterocycles. The number of anilines is 1. The molecule has 0 saturated carbocycles. The topological polar surface area (TPSA) is 92.2 Å². The minimum absolute atomic E-state index is 0.0400. The molecule has 0 radical (unpaired) electrons. The molecule has 1 heterocycles. The van der Waals surface area contributed by atoms with E-state index in [2.05, 4.69) is 15.5 Å². The Balaban J connectivity index is 2.59. The van der Waals surface area contributed by atoms with E-state index >= 15 is 0 Å². The number of aliphatic carboxylic acids is 1. The molecule has 17 heavy (non-hydrogen) atoms. The smallest absolute Gasteiger partial charge is 0.310 e. The van der Waals surface area contributed by atoms with Gasteiger partial charge in [0, 0.05) is 5.92 Å². The highest BCUT2D eigenvalue weighted by Crippen LogP contribution is 2.18. The molecule has 1 rings (SSSR count). The van der Waals surface area contributed by atoms with Crippen LogP contribution in [0.4, 0.5) is 5.13 Å². The Labute approximate surface area is 103 Å². The van der Waals surface area contributed by atoms with Crippen molar-refractivity contribution in [3.05, 3.63) is 5.01 Å². The molecule has 1 aromatic heterocycles. The number of carbonyl (C=O) groups is 2. The third-order valence-electron chi connectivity index (χ3n) is 2.36. The fraction of sp³-hybridized carbons (Fsp3) is 0.600. The Kier molecular flexibility index (Phi) is 5.02. The first-order chi connectivity index (χ1) is 8.06. The van der Waals surface area contributed by atoms with Crippen LogP contribution >= 0.6 is 11.3 Å². The van der Waals surface area contributed by atoms with Gasteiger partial charge in [-0.05, 0) is 12.8 Å². The second-order valence-electron chi connectivity index (χ2n) is 3.57. The first-order valence-electron chi connectivity index (χ1n) is 5.41. The number of hydrogen-bond acceptors (Lipinski definition) is 5. The molecule has 0 aromatic carbocycles. The van der Waals surface area contributed by atoms with E-state index in [1.165, 1.54) is 0 Å². The lowest BCUT2D eigenvalue weighted by Gasteiger charge is -2.09. The third kappa shape index (κ3) is 4.10. The van der Waals surface area contributed by atoms with E-state index < -0.39 is 5.97 Å². The zero-order chi connectivity index (χ0) is 12.8. The van der Waals surface area contributed by atoms with Crippen molar-refractivity contribution in [2.24, 2.45) is 5.92 Å². The van der Waals surface area contributed by atoms with Crippen molar-refractivity contribution in [1.29, 1.82) is 0 Å². The molecule has 1 amide bonds. The maximum atomic E-state index is 11.7. The summed E-state index contributed by atoms with van der Waals surface area (Å²) in [6.07, 6.45) is 1.37. The molecule has 1 aromatic rings. The first-order valence-corrected chi connectivity index (χ1v) is 6.23. The highest BCUT2D eigenvalue weighted by atomic mass is 32.1. The van der Waals surface area contributed by atoms with Crippen molar-refractivity contribution < 1.29 is 14.7 Å². The molecule has 0 atom stereocenters. The lowest BCUT2D eigenvalue weighted by molar-refractivity contribution is -0.136. The molecule has 94 valence electrons. The SMILES string of the molecule is CCC(CC)C(=O)Nc1nnc(CC(=O)O)s1. The number of carboxylic acid groups (broad SMARTS) is 1. The molecule has 0 fully saturated rings. The van der Waals surface area contributed by atoms with Gasteiger partial charge in [-0.1, -0.05) is 25.2 Å². The van der Waals surface area contributed by atoms with Crippen LogP contribution in [0, 0.1) is 5.92 Å². The van der Waals surface area contributed by atoms with Gasteiger partial charge in [0.1, 0.15) is 5.01 Å². The summed E-state index contributed by atoms with van der Waals surface area (Å²) in [5, 5.41) is 19.4. The quantitative estimate of drug-likeness (QED) is 0.806. The third-order valence-corrected chi connectivity index (χ3v) is 3.19. The number of amides is 1. The predicted octanol–water partition coefficient (Wildman–Crippen LogP) is 1.54. The van der Waals surface area contributed by atoms with Gasteiger partial charge in [-0.15, -0.1) is 10.2 Å². The minimum Gasteiger partial charge on any atom is -0.481 e. The van der Waals surface area contributed by atoms with Gasteiger partial charge < -0.3 is 10.4 Å². The van der Waals surface area contributed by atoms with Gasteiger partial charge in [-0.25, -0.2) is 0 Å². The van der Waals surface area contributed by atoms with E-state index in [0.29, 0.717) is 10.1 Å². The molecular formula is C10H15N3O3S. The summed E-state index contributed by atoms with van der Waals surface area (Å²) < 4.78 is 0. The van der Waals surface area contributed by atoms with Gasteiger partial charge in [0.2, 0.25) is 11.0 Å². The van der Waals surface area contributed by atoms with E-state index in [9.17, 15) is 9.59 Å². The van der Waals surface area contributed by atoms with Crippen LogP contribution in [0.3, 0.4) is 0 Å². The summed E-state index contributed by atoms with van der Waals surface area (Å²) in [6.45, 7) is 3.90. The number of carboxylic acids is 1. The predicted molar refractivity (Wildman–Crippen MR) is 64.0 cm³/mol. The average molecular weight is 257 g/mol. The van der Waals surface area contributed by atoms with Gasteiger partial charge in [0.25, 0.3) is 0 Å². The van der Waals surface area contributed by atoms with E-state index in [4.69, 9.17) is 5.11 Å². The van der Waals surface area contributed by atoms with Crippen LogP contribution < -0.4 is 5.32 Å². The maximum Gasteiger partial charge on any atom is 0.310 e. The highest BCUT2D eigenvalue weighted by molar-refractivity contribution is 7.15. The number of aromatic nitrogens is 2. The first kappa shape index (κ1) is 13.6. The lowest BCUT2D eigenvalue weighted by atomic mass is 10.0. The number of hydrogen-bond donors (Lipinski definition) is 2. The Bertz CT molecular complexity index is 401. The molecule has 0 spiro atoms. The Hall–Kier alpha value is -1.50. The van der Waals surface area contributed by atoms with Crippen molar-refractivity contribution in [3.63, 3.8) is 0 Å². The molecule has 6 nitrogen and oxygen atoms in total. The van der Waals surface area contributed by atoms with E-state index in [-0.39, 0.29) is 18.2 Å². The van der Waals surface area contributed by atoms with Gasteiger partial charge in [-0.3, -0.25) is 9.59 Å². The van der Waals surface area contributed by atoms with Crippen LogP contribution in [0.2, 0.25) is 0 Å². The molecule has 0 aliphatic carbocycles. The van der Waals surface area contributed by atoms with Crippen LogP contribution in [0.5, 0.6) is 0 Å². The standard InChI is InChI=1S/C10H15N3O3S/c1-3-6(4-2)9(16)11-10-13-12-7(17-10)5-8(14)15/h6H,3-5H2,1-2H3,(H,14,15)(H,11,13,16). The van der Waals surface area contributed by atoms with Crippen LogP contribution in [-0.4, -0.2) is 27.2 Å². The molecule has 0 saturated heterocycles. The van der Waals surface area contributed by atoms with Crippen LogP contribution in [0.25, 0.3) is 0 Å². The Morgan fingerprint density at radius 3 is 2.53 bits per heavy atom. The zero-order valence-corrected chi connectivity index (χ0v) is 10.6. The summed E-state index contributed by atoms with van der Waals surface area (Å²) in [6, 6.07) is 0. The van der Waals surface area contributed by atoms with Crippen molar-refractivity contribution in [2.75, 3.05) is 5.32 Å². The molecule has 0 unspecified atom stereocenters. The fourth-order valence-electron chi connectivity index (χ4n) is 1.37. The summed E-state index contributed by atoms with van der Waals surface area (Å²) in [4.78, 5) is 22.2. The van der Waals surface area contributed by atoms with E-state index in [1.807, 2.05) is 13.8 Å². The normalized spacial score (nSPS) is 10.5. The van der Waals surface area contributed by atoms with E-state index in [0.717, 1.165) is 24.2 Å². The zero-order valence-electron chi connectivity index (χ0n) is 9.77. The highest BCUT2D eigenvalue weighted by Gasteiger charge is 2.16. The van der Waals surface area contributed by atoms with Crippen molar-refractivity contribution >= 4 is 28.3 Å². The molecule has 7 heteroatoms. The second-order valence-corrected chi connectivity index (χ2v) is 4.64. The number of nitrogens with one attached hydrogen (secondary N) is 1. The largest absolute Gasteiger partial charge is 0.481 e. The summed E-state index contributed by atoms with van der Waals surface area (Å²) in [5.41, 5.74) is 0. The molecule has 0 aliphatic rings. The number of nitrogens with zero attached hydrogens (tertiary/aromatic N) is 2. The van der Waals surface area contributed by atoms with Crippen molar-refractivity contribution in [2.45, 2.75) is 33.1 Å². The minimum atomic E-state index is -0.959. The van der Waals surface area contributed by atoms with Gasteiger partial charge >= 0.3 is 5.97 Å². The molecule has 0 bridgehead atoms. The summed E-state index contributed by atoms with van der Waals surface area (Å²) in [5.74, 6) is -1.09. The number of carbonyl (C=O) groups excluding carboxylic acids is 1. The fourth-order valence-corrected chi connectivity index (χ4v) is 2.11. The van der Waals surface area contributed by atoms with Crippen LogP contribution in [0.15, 0.2) is 0 Å². The average Bonchev–Trinajstić information content (AvgIpc) is 2.66. The summed E-state index contributed by atoms with van der Waals surface area (Å²) >= 11 is 1.09. The van der Waals surface area contributed by atoms with Gasteiger partial charge in [0.15, 0.2) is 0 Å². The number of rotatable bonds is 6. The summed E-state index contributed by atoms with van der Waals surface area (Å²) in [7, 11) is 0. The Morgan fingerprint density at radius 2 is 2.00 bits per heavy atom. The molecule has 2 N–H and O–H groups in total. The maximum absolute atomic E-state index is 11.7. The monoisotopic (exact) mass is 257 g/mol. The Morgan fingerprint density at radius 1 is 1.35 bits per heavy atom.